The van der Waals surface area contributed by atoms with Crippen molar-refractivity contribution in [3.8, 4) is 0 Å². The molecule has 0 radical (unpaired) electrons. The largest absolute Gasteiger partial charge is 0.384 e. The molecule has 0 aliphatic heterocycles. The van der Waals surface area contributed by atoms with Gasteiger partial charge in [0.25, 0.3) is 0 Å². The molecule has 1 saturated carbocycles. The minimum atomic E-state index is 0.555. The highest BCUT2D eigenvalue weighted by atomic mass is 79.9. The fraction of sp³-hybridized carbons (Fsp3) is 0.571. The maximum Gasteiger partial charge on any atom is 0.0505 e. The van der Waals surface area contributed by atoms with Gasteiger partial charge in [-0.05, 0) is 36.8 Å². The summed E-state index contributed by atoms with van der Waals surface area (Å²) < 4.78 is 6.51. The smallest absolute Gasteiger partial charge is 0.0505 e. The van der Waals surface area contributed by atoms with Gasteiger partial charge in [-0.25, -0.2) is 0 Å². The summed E-state index contributed by atoms with van der Waals surface area (Å²) in [4.78, 5) is 0. The quantitative estimate of drug-likeness (QED) is 0.835. The van der Waals surface area contributed by atoms with Gasteiger partial charge in [-0.3, -0.25) is 0 Å². The molecule has 94 valence electrons. The zero-order valence-electron chi connectivity index (χ0n) is 10.3. The fourth-order valence-corrected chi connectivity index (χ4v) is 2.47. The molecule has 1 aromatic carbocycles. The molecule has 2 nitrogen and oxygen atoms in total. The normalized spacial score (nSPS) is 17.1. The Balaban J connectivity index is 1.88. The molecular weight excluding hydrogens is 278 g/mol. The van der Waals surface area contributed by atoms with E-state index in [-0.39, 0.29) is 0 Å². The zero-order valence-corrected chi connectivity index (χ0v) is 11.9. The molecule has 1 unspecified atom stereocenters. The van der Waals surface area contributed by atoms with Gasteiger partial charge in [0.05, 0.1) is 6.61 Å². The Morgan fingerprint density at radius 3 is 2.82 bits per heavy atom. The minimum absolute atomic E-state index is 0.555. The molecular formula is C14H20BrNO. The molecule has 0 aromatic heterocycles. The standard InChI is InChI=1S/C14H20BrNO/c1-17-10-11(9-16-13-6-7-13)8-12-4-2-3-5-14(12)15/h2-5,11,13,16H,6-10H2,1H3. The second kappa shape index (κ2) is 6.53. The van der Waals surface area contributed by atoms with E-state index in [9.17, 15) is 0 Å². The molecule has 0 spiro atoms. The molecule has 0 amide bonds. The lowest BCUT2D eigenvalue weighted by molar-refractivity contribution is 0.150. The van der Waals surface area contributed by atoms with Crippen LogP contribution >= 0.6 is 15.9 Å². The first-order valence-corrected chi connectivity index (χ1v) is 7.04. The summed E-state index contributed by atoms with van der Waals surface area (Å²) in [5, 5.41) is 3.59. The van der Waals surface area contributed by atoms with E-state index in [1.165, 1.54) is 22.9 Å². The molecule has 1 aromatic rings. The predicted molar refractivity (Wildman–Crippen MR) is 74.2 cm³/mol. The number of halogens is 1. The molecule has 1 aliphatic rings. The number of methoxy groups -OCH3 is 1. The summed E-state index contributed by atoms with van der Waals surface area (Å²) in [6.45, 7) is 1.88. The van der Waals surface area contributed by atoms with Crippen LogP contribution in [0.1, 0.15) is 18.4 Å². The van der Waals surface area contributed by atoms with Crippen molar-refractivity contribution >= 4 is 15.9 Å². The van der Waals surface area contributed by atoms with Crippen LogP contribution in [0.2, 0.25) is 0 Å². The Hall–Kier alpha value is -0.380. The van der Waals surface area contributed by atoms with Gasteiger partial charge in [-0.15, -0.1) is 0 Å². The summed E-state index contributed by atoms with van der Waals surface area (Å²) in [5.41, 5.74) is 1.37. The van der Waals surface area contributed by atoms with Crippen molar-refractivity contribution < 1.29 is 4.74 Å². The van der Waals surface area contributed by atoms with E-state index in [4.69, 9.17) is 4.74 Å². The minimum Gasteiger partial charge on any atom is -0.384 e. The van der Waals surface area contributed by atoms with Crippen LogP contribution in [0.3, 0.4) is 0 Å². The number of hydrogen-bond donors (Lipinski definition) is 1. The Morgan fingerprint density at radius 1 is 1.41 bits per heavy atom. The molecule has 1 aliphatic carbocycles. The van der Waals surface area contributed by atoms with E-state index in [1.807, 2.05) is 0 Å². The number of ether oxygens (including phenoxy) is 1. The van der Waals surface area contributed by atoms with E-state index >= 15 is 0 Å². The van der Waals surface area contributed by atoms with Gasteiger partial charge < -0.3 is 10.1 Å². The van der Waals surface area contributed by atoms with Crippen molar-refractivity contribution in [1.29, 1.82) is 0 Å². The van der Waals surface area contributed by atoms with Crippen LogP contribution in [-0.4, -0.2) is 26.3 Å². The summed E-state index contributed by atoms with van der Waals surface area (Å²) in [7, 11) is 1.78. The third-order valence-corrected chi connectivity index (χ3v) is 3.91. The summed E-state index contributed by atoms with van der Waals surface area (Å²) in [6.07, 6.45) is 3.75. The Bertz CT molecular complexity index is 352. The van der Waals surface area contributed by atoms with Crippen molar-refractivity contribution in [3.63, 3.8) is 0 Å². The molecule has 0 saturated heterocycles. The second-order valence-corrected chi connectivity index (χ2v) is 5.65. The van der Waals surface area contributed by atoms with Gasteiger partial charge in [0.2, 0.25) is 0 Å². The van der Waals surface area contributed by atoms with Crippen LogP contribution in [0.15, 0.2) is 28.7 Å². The second-order valence-electron chi connectivity index (χ2n) is 4.80. The average Bonchev–Trinajstić information content (AvgIpc) is 3.13. The zero-order chi connectivity index (χ0) is 12.1. The maximum atomic E-state index is 5.31. The lowest BCUT2D eigenvalue weighted by Gasteiger charge is -2.17. The molecule has 1 fully saturated rings. The van der Waals surface area contributed by atoms with Crippen molar-refractivity contribution in [2.24, 2.45) is 5.92 Å². The van der Waals surface area contributed by atoms with Crippen molar-refractivity contribution in [3.05, 3.63) is 34.3 Å². The monoisotopic (exact) mass is 297 g/mol. The molecule has 1 N–H and O–H groups in total. The van der Waals surface area contributed by atoms with E-state index in [2.05, 4.69) is 45.5 Å². The van der Waals surface area contributed by atoms with Crippen LogP contribution in [0, 0.1) is 5.92 Å². The summed E-state index contributed by atoms with van der Waals surface area (Å²) in [6, 6.07) is 9.21. The third-order valence-electron chi connectivity index (χ3n) is 3.14. The van der Waals surface area contributed by atoms with Crippen molar-refractivity contribution in [2.45, 2.75) is 25.3 Å². The van der Waals surface area contributed by atoms with Crippen LogP contribution in [0.25, 0.3) is 0 Å². The fourth-order valence-electron chi connectivity index (χ4n) is 2.02. The molecule has 3 heteroatoms. The lowest BCUT2D eigenvalue weighted by atomic mass is 10.00. The molecule has 1 atom stereocenters. The van der Waals surface area contributed by atoms with Crippen molar-refractivity contribution in [2.75, 3.05) is 20.3 Å². The Morgan fingerprint density at radius 2 is 2.18 bits per heavy atom. The highest BCUT2D eigenvalue weighted by Crippen LogP contribution is 2.22. The topological polar surface area (TPSA) is 21.3 Å². The van der Waals surface area contributed by atoms with Gasteiger partial charge in [0.15, 0.2) is 0 Å². The third kappa shape index (κ3) is 4.41. The SMILES string of the molecule is COCC(CNC1CC1)Cc1ccccc1Br. The molecule has 0 bridgehead atoms. The van der Waals surface area contributed by atoms with E-state index in [0.717, 1.165) is 25.6 Å². The predicted octanol–water partition coefficient (Wildman–Crippen LogP) is 3.01. The number of nitrogens with one attached hydrogen (secondary N) is 1. The summed E-state index contributed by atoms with van der Waals surface area (Å²) >= 11 is 3.61. The van der Waals surface area contributed by atoms with Gasteiger partial charge in [0, 0.05) is 24.2 Å². The van der Waals surface area contributed by atoms with Crippen LogP contribution in [0.5, 0.6) is 0 Å². The summed E-state index contributed by atoms with van der Waals surface area (Å²) in [5.74, 6) is 0.555. The highest BCUT2D eigenvalue weighted by molar-refractivity contribution is 9.10. The molecule has 2 rings (SSSR count). The first kappa shape index (κ1) is 13.1. The van der Waals surface area contributed by atoms with E-state index in [0.29, 0.717) is 5.92 Å². The van der Waals surface area contributed by atoms with Gasteiger partial charge in [-0.2, -0.15) is 0 Å². The average molecular weight is 298 g/mol. The van der Waals surface area contributed by atoms with Crippen LogP contribution in [-0.2, 0) is 11.2 Å². The Kier molecular flexibility index (Phi) is 5.01. The van der Waals surface area contributed by atoms with Gasteiger partial charge in [0.1, 0.15) is 0 Å². The number of benzene rings is 1. The van der Waals surface area contributed by atoms with Crippen molar-refractivity contribution in [1.82, 2.24) is 5.32 Å². The van der Waals surface area contributed by atoms with Crippen LogP contribution < -0.4 is 5.32 Å². The first-order valence-electron chi connectivity index (χ1n) is 6.25. The van der Waals surface area contributed by atoms with E-state index < -0.39 is 0 Å². The van der Waals surface area contributed by atoms with Crippen LogP contribution in [0.4, 0.5) is 0 Å². The van der Waals surface area contributed by atoms with Gasteiger partial charge >= 0.3 is 0 Å². The number of hydrogen-bond acceptors (Lipinski definition) is 2. The molecule has 17 heavy (non-hydrogen) atoms. The van der Waals surface area contributed by atoms with E-state index in [1.54, 1.807) is 7.11 Å². The first-order chi connectivity index (χ1) is 8.29. The Labute approximate surface area is 112 Å². The molecule has 0 heterocycles. The maximum absolute atomic E-state index is 5.31. The number of rotatable bonds is 7. The highest BCUT2D eigenvalue weighted by Gasteiger charge is 2.22. The lowest BCUT2D eigenvalue weighted by Crippen LogP contribution is -2.28. The van der Waals surface area contributed by atoms with Gasteiger partial charge in [-0.1, -0.05) is 34.1 Å².